The maximum atomic E-state index is 12.3. The number of hydrogen-bond donors (Lipinski definition) is 2. The van der Waals surface area contributed by atoms with E-state index in [2.05, 4.69) is 35.7 Å². The van der Waals surface area contributed by atoms with Gasteiger partial charge in [-0.15, -0.1) is 0 Å². The van der Waals surface area contributed by atoms with E-state index in [0.29, 0.717) is 23.0 Å². The van der Waals surface area contributed by atoms with Crippen LogP contribution >= 0.6 is 11.6 Å². The normalized spacial score (nSPS) is 16.9. The second kappa shape index (κ2) is 8.19. The Morgan fingerprint density at radius 3 is 2.68 bits per heavy atom. The fraction of sp³-hybridized carbons (Fsp3) is 0.250. The van der Waals surface area contributed by atoms with Crippen LogP contribution in [0.15, 0.2) is 54.6 Å². The summed E-state index contributed by atoms with van der Waals surface area (Å²) in [5, 5.41) is 3.39. The van der Waals surface area contributed by atoms with E-state index in [0.717, 1.165) is 19.5 Å². The molecule has 0 spiro atoms. The molecule has 3 rings (SSSR count). The highest BCUT2D eigenvalue weighted by Gasteiger charge is 2.19. The molecule has 1 unspecified atom stereocenters. The number of anilines is 1. The Labute approximate surface area is 153 Å². The minimum absolute atomic E-state index is 0.00667. The van der Waals surface area contributed by atoms with Crippen molar-refractivity contribution in [3.8, 4) is 5.75 Å². The number of quaternary nitrogens is 1. The third kappa shape index (κ3) is 4.62. The van der Waals surface area contributed by atoms with Crippen LogP contribution < -0.4 is 15.0 Å². The number of hydrogen-bond acceptors (Lipinski definition) is 2. The largest absolute Gasteiger partial charge is 0.495 e. The first-order valence-electron chi connectivity index (χ1n) is 8.37. The molecule has 1 heterocycles. The molecule has 1 atom stereocenters. The zero-order valence-corrected chi connectivity index (χ0v) is 15.0. The Bertz CT molecular complexity index is 775. The van der Waals surface area contributed by atoms with Crippen molar-refractivity contribution in [2.75, 3.05) is 32.1 Å². The number of methoxy groups -OCH3 is 1. The fourth-order valence-electron chi connectivity index (χ4n) is 3.03. The predicted molar refractivity (Wildman–Crippen MR) is 101 cm³/mol. The molecule has 5 heteroatoms. The van der Waals surface area contributed by atoms with Crippen LogP contribution in [0.25, 0.3) is 5.57 Å². The molecule has 0 saturated carbocycles. The molecule has 0 aromatic heterocycles. The number of carbonyl (C=O) groups is 1. The lowest BCUT2D eigenvalue weighted by molar-refractivity contribution is -0.886. The molecular weight excluding hydrogens is 336 g/mol. The molecule has 1 aliphatic rings. The summed E-state index contributed by atoms with van der Waals surface area (Å²) in [6, 6.07) is 15.7. The molecule has 0 aliphatic carbocycles. The second-order valence-corrected chi connectivity index (χ2v) is 6.53. The van der Waals surface area contributed by atoms with Crippen molar-refractivity contribution in [3.05, 3.63) is 65.2 Å². The molecule has 2 aromatic carbocycles. The second-order valence-electron chi connectivity index (χ2n) is 6.12. The van der Waals surface area contributed by atoms with E-state index in [1.807, 2.05) is 6.07 Å². The average Bonchev–Trinajstić information content (AvgIpc) is 2.63. The smallest absolute Gasteiger partial charge is 0.279 e. The zero-order chi connectivity index (χ0) is 17.6. The Balaban J connectivity index is 1.54. The molecule has 2 aromatic rings. The number of amides is 1. The Morgan fingerprint density at radius 2 is 2.04 bits per heavy atom. The molecule has 4 nitrogen and oxygen atoms in total. The molecule has 130 valence electrons. The van der Waals surface area contributed by atoms with Gasteiger partial charge in [-0.1, -0.05) is 41.9 Å². The first kappa shape index (κ1) is 17.5. The average molecular weight is 358 g/mol. The van der Waals surface area contributed by atoms with Crippen LogP contribution in [0.5, 0.6) is 5.75 Å². The number of carbonyl (C=O) groups excluding carboxylic acids is 1. The lowest BCUT2D eigenvalue weighted by Crippen LogP contribution is -3.13. The van der Waals surface area contributed by atoms with Crippen LogP contribution in [-0.2, 0) is 4.79 Å². The van der Waals surface area contributed by atoms with Gasteiger partial charge < -0.3 is 15.0 Å². The molecule has 25 heavy (non-hydrogen) atoms. The molecule has 0 bridgehead atoms. The van der Waals surface area contributed by atoms with E-state index in [9.17, 15) is 4.79 Å². The van der Waals surface area contributed by atoms with E-state index in [-0.39, 0.29) is 5.91 Å². The summed E-state index contributed by atoms with van der Waals surface area (Å²) in [5.41, 5.74) is 3.33. The number of ether oxygens (including phenoxy) is 1. The van der Waals surface area contributed by atoms with Gasteiger partial charge in [0.15, 0.2) is 6.54 Å². The fourth-order valence-corrected chi connectivity index (χ4v) is 3.29. The summed E-state index contributed by atoms with van der Waals surface area (Å²) < 4.78 is 5.12. The van der Waals surface area contributed by atoms with Crippen LogP contribution in [0.1, 0.15) is 12.0 Å². The minimum Gasteiger partial charge on any atom is -0.495 e. The lowest BCUT2D eigenvalue weighted by atomic mass is 10.00. The predicted octanol–water partition coefficient (Wildman–Crippen LogP) is 2.66. The van der Waals surface area contributed by atoms with Crippen molar-refractivity contribution in [2.24, 2.45) is 0 Å². The van der Waals surface area contributed by atoms with Crippen LogP contribution in [0, 0.1) is 0 Å². The molecule has 1 amide bonds. The first-order valence-corrected chi connectivity index (χ1v) is 8.75. The highest BCUT2D eigenvalue weighted by Crippen LogP contribution is 2.27. The Morgan fingerprint density at radius 1 is 1.24 bits per heavy atom. The van der Waals surface area contributed by atoms with E-state index >= 15 is 0 Å². The zero-order valence-electron chi connectivity index (χ0n) is 14.2. The number of rotatable bonds is 5. The summed E-state index contributed by atoms with van der Waals surface area (Å²) in [5.74, 6) is 0.590. The molecular formula is C20H22ClN2O2+. The van der Waals surface area contributed by atoms with Gasteiger partial charge in [-0.2, -0.15) is 0 Å². The maximum Gasteiger partial charge on any atom is 0.279 e. The highest BCUT2D eigenvalue weighted by atomic mass is 35.5. The topological polar surface area (TPSA) is 42.8 Å². The van der Waals surface area contributed by atoms with Gasteiger partial charge in [0.05, 0.1) is 25.2 Å². The van der Waals surface area contributed by atoms with Gasteiger partial charge >= 0.3 is 0 Å². The van der Waals surface area contributed by atoms with E-state index < -0.39 is 0 Å². The number of halogens is 1. The summed E-state index contributed by atoms with van der Waals surface area (Å²) in [6.07, 6.45) is 3.23. The van der Waals surface area contributed by atoms with Crippen LogP contribution in [-0.4, -0.2) is 32.7 Å². The highest BCUT2D eigenvalue weighted by molar-refractivity contribution is 6.32. The lowest BCUT2D eigenvalue weighted by Gasteiger charge is -2.23. The van der Waals surface area contributed by atoms with Gasteiger partial charge in [0, 0.05) is 12.1 Å². The van der Waals surface area contributed by atoms with Crippen molar-refractivity contribution in [3.63, 3.8) is 0 Å². The number of benzene rings is 2. The summed E-state index contributed by atoms with van der Waals surface area (Å²) in [6.45, 7) is 2.26. The van der Waals surface area contributed by atoms with Gasteiger partial charge in [-0.05, 0) is 35.4 Å². The standard InChI is InChI=1S/C20H21ClN2O2/c1-25-19-8-7-17(13-18(19)21)22-20(24)14-23-11-9-16(10-12-23)15-5-3-2-4-6-15/h2-9,13H,10-12,14H2,1H3,(H,22,24)/p+1. The van der Waals surface area contributed by atoms with Gasteiger partial charge in [0.1, 0.15) is 5.75 Å². The Hall–Kier alpha value is -2.30. The van der Waals surface area contributed by atoms with Gasteiger partial charge in [-0.25, -0.2) is 0 Å². The minimum atomic E-state index is -0.00667. The first-order chi connectivity index (χ1) is 12.2. The maximum absolute atomic E-state index is 12.3. The molecule has 0 fully saturated rings. The third-order valence-corrected chi connectivity index (χ3v) is 4.67. The third-order valence-electron chi connectivity index (χ3n) is 4.38. The van der Waals surface area contributed by atoms with Crippen molar-refractivity contribution in [1.82, 2.24) is 0 Å². The van der Waals surface area contributed by atoms with Gasteiger partial charge in [-0.3, -0.25) is 4.79 Å². The van der Waals surface area contributed by atoms with Crippen molar-refractivity contribution in [2.45, 2.75) is 6.42 Å². The van der Waals surface area contributed by atoms with Crippen molar-refractivity contribution in [1.29, 1.82) is 0 Å². The van der Waals surface area contributed by atoms with E-state index in [1.54, 1.807) is 25.3 Å². The van der Waals surface area contributed by atoms with E-state index in [4.69, 9.17) is 16.3 Å². The summed E-state index contributed by atoms with van der Waals surface area (Å²) >= 11 is 6.09. The summed E-state index contributed by atoms with van der Waals surface area (Å²) in [7, 11) is 1.57. The van der Waals surface area contributed by atoms with Crippen molar-refractivity contribution >= 4 is 28.8 Å². The quantitative estimate of drug-likeness (QED) is 0.864. The Kier molecular flexibility index (Phi) is 5.74. The SMILES string of the molecule is COc1ccc(NC(=O)C[NH+]2CC=C(c3ccccc3)CC2)cc1Cl. The van der Waals surface area contributed by atoms with E-state index in [1.165, 1.54) is 16.0 Å². The van der Waals surface area contributed by atoms with Crippen LogP contribution in [0.3, 0.4) is 0 Å². The van der Waals surface area contributed by atoms with Crippen LogP contribution in [0.2, 0.25) is 5.02 Å². The molecule has 0 radical (unpaired) electrons. The monoisotopic (exact) mass is 357 g/mol. The van der Waals surface area contributed by atoms with Gasteiger partial charge in [0.2, 0.25) is 0 Å². The molecule has 1 aliphatic heterocycles. The summed E-state index contributed by atoms with van der Waals surface area (Å²) in [4.78, 5) is 13.5. The molecule has 2 N–H and O–H groups in total. The van der Waals surface area contributed by atoms with Gasteiger partial charge in [0.25, 0.3) is 5.91 Å². The van der Waals surface area contributed by atoms with Crippen molar-refractivity contribution < 1.29 is 14.4 Å². The van der Waals surface area contributed by atoms with Crippen LogP contribution in [0.4, 0.5) is 5.69 Å². The number of nitrogens with one attached hydrogen (secondary N) is 2. The molecule has 0 saturated heterocycles.